The van der Waals surface area contributed by atoms with Gasteiger partial charge in [-0.1, -0.05) is 30.3 Å². The Bertz CT molecular complexity index is 956. The first-order chi connectivity index (χ1) is 13.0. The number of para-hydroxylation sites is 1. The predicted molar refractivity (Wildman–Crippen MR) is 107 cm³/mol. The van der Waals surface area contributed by atoms with Gasteiger partial charge < -0.3 is 15.4 Å². The summed E-state index contributed by atoms with van der Waals surface area (Å²) in [6.07, 6.45) is 0. The molecule has 0 saturated carbocycles. The second-order valence-corrected chi connectivity index (χ2v) is 6.15. The van der Waals surface area contributed by atoms with Crippen LogP contribution in [0.2, 0.25) is 0 Å². The fraction of sp³-hybridized carbons (Fsp3) is 0.190. The molecule has 0 fully saturated rings. The number of ether oxygens (including phenoxy) is 1. The van der Waals surface area contributed by atoms with Gasteiger partial charge in [-0.05, 0) is 32.0 Å². The van der Waals surface area contributed by atoms with Crippen molar-refractivity contribution in [1.29, 1.82) is 0 Å². The van der Waals surface area contributed by atoms with Crippen LogP contribution in [-0.2, 0) is 6.54 Å². The molecule has 0 atom stereocenters. The molecule has 0 aliphatic carbocycles. The molecule has 27 heavy (non-hydrogen) atoms. The normalized spacial score (nSPS) is 10.3. The van der Waals surface area contributed by atoms with Crippen LogP contribution in [0.4, 0.5) is 17.5 Å². The Labute approximate surface area is 158 Å². The van der Waals surface area contributed by atoms with E-state index in [1.165, 1.54) is 0 Å². The molecule has 0 spiro atoms. The highest BCUT2D eigenvalue weighted by molar-refractivity contribution is 5.95. The lowest BCUT2D eigenvalue weighted by Gasteiger charge is -2.12. The molecular weight excluding hydrogens is 340 g/mol. The van der Waals surface area contributed by atoms with E-state index < -0.39 is 0 Å². The van der Waals surface area contributed by atoms with E-state index in [2.05, 4.69) is 20.6 Å². The van der Waals surface area contributed by atoms with Gasteiger partial charge in [0, 0.05) is 35.1 Å². The monoisotopic (exact) mass is 362 g/mol. The molecule has 0 radical (unpaired) electrons. The highest BCUT2D eigenvalue weighted by atomic mass is 16.5. The highest BCUT2D eigenvalue weighted by Crippen LogP contribution is 2.20. The van der Waals surface area contributed by atoms with Crippen molar-refractivity contribution in [2.75, 3.05) is 17.7 Å². The molecule has 0 aliphatic heterocycles. The molecule has 0 saturated heterocycles. The molecule has 1 aromatic heterocycles. The summed E-state index contributed by atoms with van der Waals surface area (Å²) < 4.78 is 5.38. The van der Waals surface area contributed by atoms with Crippen molar-refractivity contribution in [3.05, 3.63) is 71.4 Å². The molecule has 6 heteroatoms. The van der Waals surface area contributed by atoms with Crippen LogP contribution in [0, 0.1) is 6.92 Å². The summed E-state index contributed by atoms with van der Waals surface area (Å²) >= 11 is 0. The number of Topliss-reactive ketones (excluding diaryl/α,β-unsaturated/α-hetero) is 1. The fourth-order valence-electron chi connectivity index (χ4n) is 2.69. The summed E-state index contributed by atoms with van der Waals surface area (Å²) in [6, 6.07) is 17.0. The van der Waals surface area contributed by atoms with Gasteiger partial charge in [0.05, 0.1) is 7.11 Å². The molecule has 2 N–H and O–H groups in total. The minimum absolute atomic E-state index is 0.0166. The first-order valence-corrected chi connectivity index (χ1v) is 8.64. The Morgan fingerprint density at radius 1 is 1.07 bits per heavy atom. The van der Waals surface area contributed by atoms with E-state index in [0.717, 1.165) is 22.7 Å². The maximum absolute atomic E-state index is 11.6. The molecular formula is C21H22N4O2. The third-order valence-electron chi connectivity index (χ3n) is 4.03. The maximum atomic E-state index is 11.6. The molecule has 0 amide bonds. The van der Waals surface area contributed by atoms with Crippen molar-refractivity contribution in [3.8, 4) is 5.75 Å². The molecule has 0 bridgehead atoms. The first-order valence-electron chi connectivity index (χ1n) is 8.64. The summed E-state index contributed by atoms with van der Waals surface area (Å²) in [7, 11) is 1.66. The number of nitrogens with zero attached hydrogens (tertiary/aromatic N) is 2. The maximum Gasteiger partial charge on any atom is 0.229 e. The summed E-state index contributed by atoms with van der Waals surface area (Å²) in [6.45, 7) is 4.04. The van der Waals surface area contributed by atoms with E-state index in [1.54, 1.807) is 26.2 Å². The molecule has 138 valence electrons. The topological polar surface area (TPSA) is 76.1 Å². The SMILES string of the molecule is COc1ccccc1CNc1cc(C)nc(Nc2cccc(C(C)=O)c2)n1. The lowest BCUT2D eigenvalue weighted by atomic mass is 10.1. The Hall–Kier alpha value is -3.41. The summed E-state index contributed by atoms with van der Waals surface area (Å²) in [5.41, 5.74) is 3.28. The van der Waals surface area contributed by atoms with Crippen LogP contribution in [0.15, 0.2) is 54.6 Å². The van der Waals surface area contributed by atoms with E-state index in [1.807, 2.05) is 49.4 Å². The van der Waals surface area contributed by atoms with Crippen molar-refractivity contribution < 1.29 is 9.53 Å². The Kier molecular flexibility index (Phi) is 5.66. The van der Waals surface area contributed by atoms with E-state index in [0.29, 0.717) is 23.9 Å². The van der Waals surface area contributed by atoms with Gasteiger partial charge in [-0.15, -0.1) is 0 Å². The van der Waals surface area contributed by atoms with Crippen LogP contribution in [0.3, 0.4) is 0 Å². The third-order valence-corrected chi connectivity index (χ3v) is 4.03. The molecule has 1 heterocycles. The van der Waals surface area contributed by atoms with Crippen LogP contribution in [0.1, 0.15) is 28.5 Å². The zero-order valence-corrected chi connectivity index (χ0v) is 15.6. The zero-order chi connectivity index (χ0) is 19.2. The van der Waals surface area contributed by atoms with Gasteiger partial charge in [0.2, 0.25) is 5.95 Å². The number of carbonyl (C=O) groups excluding carboxylic acids is 1. The van der Waals surface area contributed by atoms with Gasteiger partial charge in [-0.3, -0.25) is 4.79 Å². The number of ketones is 1. The summed E-state index contributed by atoms with van der Waals surface area (Å²) in [5.74, 6) is 2.02. The van der Waals surface area contributed by atoms with Gasteiger partial charge in [0.25, 0.3) is 0 Å². The second-order valence-electron chi connectivity index (χ2n) is 6.15. The molecule has 6 nitrogen and oxygen atoms in total. The van der Waals surface area contributed by atoms with Crippen LogP contribution in [0.25, 0.3) is 0 Å². The number of rotatable bonds is 7. The molecule has 0 unspecified atom stereocenters. The quantitative estimate of drug-likeness (QED) is 0.609. The first kappa shape index (κ1) is 18.4. The van der Waals surface area contributed by atoms with Crippen molar-refractivity contribution >= 4 is 23.2 Å². The van der Waals surface area contributed by atoms with Crippen LogP contribution in [-0.4, -0.2) is 22.9 Å². The van der Waals surface area contributed by atoms with Crippen LogP contribution < -0.4 is 15.4 Å². The molecule has 2 aromatic carbocycles. The van der Waals surface area contributed by atoms with Gasteiger partial charge in [0.15, 0.2) is 5.78 Å². The number of hydrogen-bond acceptors (Lipinski definition) is 6. The lowest BCUT2D eigenvalue weighted by molar-refractivity contribution is 0.101. The van der Waals surface area contributed by atoms with E-state index in [4.69, 9.17) is 4.74 Å². The number of carbonyl (C=O) groups is 1. The van der Waals surface area contributed by atoms with Crippen LogP contribution in [0.5, 0.6) is 5.75 Å². The number of aromatic nitrogens is 2. The average Bonchev–Trinajstić information content (AvgIpc) is 2.66. The van der Waals surface area contributed by atoms with Gasteiger partial charge in [-0.2, -0.15) is 4.98 Å². The Morgan fingerprint density at radius 2 is 1.89 bits per heavy atom. The highest BCUT2D eigenvalue weighted by Gasteiger charge is 2.06. The number of aryl methyl sites for hydroxylation is 1. The minimum atomic E-state index is 0.0166. The number of anilines is 3. The largest absolute Gasteiger partial charge is 0.496 e. The Balaban J connectivity index is 1.76. The van der Waals surface area contributed by atoms with Gasteiger partial charge in [-0.25, -0.2) is 4.98 Å². The van der Waals surface area contributed by atoms with Crippen LogP contribution >= 0.6 is 0 Å². The van der Waals surface area contributed by atoms with Crippen molar-refractivity contribution in [3.63, 3.8) is 0 Å². The molecule has 3 aromatic rings. The van der Waals surface area contributed by atoms with E-state index in [-0.39, 0.29) is 5.78 Å². The number of hydrogen-bond donors (Lipinski definition) is 2. The average molecular weight is 362 g/mol. The fourth-order valence-corrected chi connectivity index (χ4v) is 2.69. The smallest absolute Gasteiger partial charge is 0.229 e. The van der Waals surface area contributed by atoms with E-state index in [9.17, 15) is 4.79 Å². The number of methoxy groups -OCH3 is 1. The van der Waals surface area contributed by atoms with Gasteiger partial charge in [0.1, 0.15) is 11.6 Å². The standard InChI is InChI=1S/C21H22N4O2/c1-14-11-20(22-13-17-7-4-5-10-19(17)27-3)25-21(23-14)24-18-9-6-8-16(12-18)15(2)26/h4-12H,13H2,1-3H3,(H2,22,23,24,25). The minimum Gasteiger partial charge on any atom is -0.496 e. The third kappa shape index (κ3) is 4.82. The molecule has 0 aliphatic rings. The van der Waals surface area contributed by atoms with Crippen molar-refractivity contribution in [2.45, 2.75) is 20.4 Å². The number of benzene rings is 2. The molecule has 3 rings (SSSR count). The number of nitrogens with one attached hydrogen (secondary N) is 2. The van der Waals surface area contributed by atoms with Crippen molar-refractivity contribution in [1.82, 2.24) is 9.97 Å². The van der Waals surface area contributed by atoms with Crippen molar-refractivity contribution in [2.24, 2.45) is 0 Å². The predicted octanol–water partition coefficient (Wildman–Crippen LogP) is 4.35. The van der Waals surface area contributed by atoms with Gasteiger partial charge >= 0.3 is 0 Å². The summed E-state index contributed by atoms with van der Waals surface area (Å²) in [5, 5.41) is 6.47. The Morgan fingerprint density at radius 3 is 2.67 bits per heavy atom. The lowest BCUT2D eigenvalue weighted by Crippen LogP contribution is -2.06. The summed E-state index contributed by atoms with van der Waals surface area (Å²) in [4.78, 5) is 20.5. The zero-order valence-electron chi connectivity index (χ0n) is 15.6. The second kappa shape index (κ2) is 8.31. The van der Waals surface area contributed by atoms with E-state index >= 15 is 0 Å².